The van der Waals surface area contributed by atoms with Crippen LogP contribution in [-0.4, -0.2) is 94.3 Å². The Morgan fingerprint density at radius 2 is 1.05 bits per heavy atom. The maximum Gasteiger partial charge on any atom is 0.373 e. The minimum absolute atomic E-state index is 0.0145. The third-order valence-electron chi connectivity index (χ3n) is 11.6. The van der Waals surface area contributed by atoms with E-state index in [4.69, 9.17) is 38.1 Å². The Balaban J connectivity index is 0.000000593. The van der Waals surface area contributed by atoms with Gasteiger partial charge in [0.1, 0.15) is 0 Å². The molecule has 0 aromatic heterocycles. The van der Waals surface area contributed by atoms with Crippen LogP contribution in [0, 0.1) is 57.2 Å². The quantitative estimate of drug-likeness (QED) is 0.0770. The highest BCUT2D eigenvalue weighted by atomic mass is 32.2. The van der Waals surface area contributed by atoms with Crippen LogP contribution in [-0.2, 0) is 47.7 Å². The minimum Gasteiger partial charge on any atom is -0.466 e. The number of nitro groups is 2. The second-order valence-corrected chi connectivity index (χ2v) is 19.7. The van der Waals surface area contributed by atoms with Gasteiger partial charge in [0.05, 0.1) is 55.4 Å². The third-order valence-corrected chi connectivity index (χ3v) is 14.5. The van der Waals surface area contributed by atoms with Crippen LogP contribution < -0.4 is 0 Å². The van der Waals surface area contributed by atoms with Gasteiger partial charge in [0, 0.05) is 49.4 Å². The molecule has 2 saturated carbocycles. The Bertz CT molecular complexity index is 1830. The average Bonchev–Trinajstić information content (AvgIpc) is 3.27. The zero-order valence-electron chi connectivity index (χ0n) is 40.3. The van der Waals surface area contributed by atoms with Crippen molar-refractivity contribution < 1.29 is 57.6 Å². The van der Waals surface area contributed by atoms with Gasteiger partial charge in [0.15, 0.2) is 0 Å². The predicted octanol–water partition coefficient (Wildman–Crippen LogP) is 9.40. The standard InChI is InChI=1S/C25H39NO5S.C21H31NO5S.2CO2/c1-8-17(9-2)31-22-21(25(5,6)7)20(26(28)29)15-19(24(27)30-10-3)23(22)32-18-13-11-16(4)12-14-18;1-5-16(6-2)27-19-13-15(22(24)25)12-18(21(23)26-7-3)20(19)28-17-10-8-14(4)9-11-17;2*2-1-3/h11-14,17,19-23H,8-10,15H2,1-7H3;8-11,15-16,18-20H,5-7,12-13H2,1-4H3;;/t19-,20+,21-,22+,23-;15-,18+,19-,20+;;/m10../s1. The van der Waals surface area contributed by atoms with E-state index in [-0.39, 0.29) is 100 Å². The Kier molecular flexibility index (Phi) is 27.8. The van der Waals surface area contributed by atoms with Crippen LogP contribution in [0.5, 0.6) is 0 Å². The van der Waals surface area contributed by atoms with Gasteiger partial charge in [-0.05, 0) is 83.1 Å². The highest BCUT2D eigenvalue weighted by Crippen LogP contribution is 2.49. The number of nitrogens with zero attached hydrogens (tertiary/aromatic N) is 2. The molecule has 2 aliphatic rings. The summed E-state index contributed by atoms with van der Waals surface area (Å²) in [6.45, 7) is 22.4. The summed E-state index contributed by atoms with van der Waals surface area (Å²) < 4.78 is 23.6. The summed E-state index contributed by atoms with van der Waals surface area (Å²) in [7, 11) is 0. The van der Waals surface area contributed by atoms with E-state index in [0.29, 0.717) is 6.42 Å². The van der Waals surface area contributed by atoms with Crippen LogP contribution in [0.3, 0.4) is 0 Å². The molecule has 0 saturated heterocycles. The number of carbonyl (C=O) groups is 2. The van der Waals surface area contributed by atoms with Crippen molar-refractivity contribution in [3.8, 4) is 0 Å². The Morgan fingerprint density at radius 1 is 0.652 bits per heavy atom. The van der Waals surface area contributed by atoms with Gasteiger partial charge < -0.3 is 18.9 Å². The molecule has 2 fully saturated rings. The Hall–Kier alpha value is -4.44. The first-order valence-corrected chi connectivity index (χ1v) is 24.4. The summed E-state index contributed by atoms with van der Waals surface area (Å²) in [5.74, 6) is -2.22. The van der Waals surface area contributed by atoms with Crippen molar-refractivity contribution in [2.45, 2.75) is 178 Å². The first kappa shape index (κ1) is 59.6. The van der Waals surface area contributed by atoms with E-state index in [0.717, 1.165) is 46.6 Å². The molecule has 9 atom stereocenters. The molecule has 0 spiro atoms. The van der Waals surface area contributed by atoms with Crippen LogP contribution in [0.25, 0.3) is 0 Å². The van der Waals surface area contributed by atoms with Crippen LogP contribution in [0.4, 0.5) is 0 Å². The fourth-order valence-corrected chi connectivity index (χ4v) is 11.1. The van der Waals surface area contributed by atoms with E-state index in [1.807, 2.05) is 97.0 Å². The molecular weight excluding hydrogens is 893 g/mol. The van der Waals surface area contributed by atoms with Crippen LogP contribution in [0.15, 0.2) is 58.3 Å². The van der Waals surface area contributed by atoms with Crippen molar-refractivity contribution in [2.75, 3.05) is 13.2 Å². The number of hydrogen-bond acceptors (Lipinski definition) is 16. The third kappa shape index (κ3) is 19.0. The van der Waals surface area contributed by atoms with E-state index in [9.17, 15) is 29.8 Å². The lowest BCUT2D eigenvalue weighted by Gasteiger charge is -2.48. The lowest BCUT2D eigenvalue weighted by molar-refractivity contribution is -0.544. The summed E-state index contributed by atoms with van der Waals surface area (Å²) in [4.78, 5) is 83.5. The lowest BCUT2D eigenvalue weighted by atomic mass is 9.65. The minimum atomic E-state index is -0.862. The molecule has 0 N–H and O–H groups in total. The second kappa shape index (κ2) is 30.8. The van der Waals surface area contributed by atoms with Crippen LogP contribution in [0.1, 0.15) is 118 Å². The molecule has 16 nitrogen and oxygen atoms in total. The van der Waals surface area contributed by atoms with Crippen molar-refractivity contribution >= 4 is 47.8 Å². The first-order valence-electron chi connectivity index (χ1n) is 22.6. The van der Waals surface area contributed by atoms with Crippen LogP contribution in [0.2, 0.25) is 0 Å². The molecular formula is C48H70N2O14S2. The van der Waals surface area contributed by atoms with Gasteiger partial charge in [-0.15, -0.1) is 23.5 Å². The van der Waals surface area contributed by atoms with Crippen molar-refractivity contribution in [3.63, 3.8) is 0 Å². The first-order chi connectivity index (χ1) is 31.2. The molecule has 0 radical (unpaired) electrons. The highest BCUT2D eigenvalue weighted by Gasteiger charge is 2.57. The fourth-order valence-electron chi connectivity index (χ4n) is 8.38. The second-order valence-electron chi connectivity index (χ2n) is 17.2. The monoisotopic (exact) mass is 962 g/mol. The van der Waals surface area contributed by atoms with Gasteiger partial charge >= 0.3 is 24.2 Å². The van der Waals surface area contributed by atoms with Crippen LogP contribution >= 0.6 is 23.5 Å². The smallest absolute Gasteiger partial charge is 0.373 e. The van der Waals surface area contributed by atoms with E-state index in [1.54, 1.807) is 37.4 Å². The molecule has 0 unspecified atom stereocenters. The maximum atomic E-state index is 13.0. The van der Waals surface area contributed by atoms with Crippen molar-refractivity contribution in [3.05, 3.63) is 79.9 Å². The number of rotatable bonds is 18. The number of carbonyl (C=O) groups excluding carboxylic acids is 6. The Morgan fingerprint density at radius 3 is 1.41 bits per heavy atom. The molecule has 66 heavy (non-hydrogen) atoms. The van der Waals surface area contributed by atoms with Gasteiger partial charge in [0.2, 0.25) is 12.1 Å². The van der Waals surface area contributed by atoms with Crippen molar-refractivity contribution in [1.82, 2.24) is 0 Å². The number of esters is 2. The largest absolute Gasteiger partial charge is 0.466 e. The van der Waals surface area contributed by atoms with Gasteiger partial charge in [-0.2, -0.15) is 19.2 Å². The number of thioether (sulfide) groups is 2. The van der Waals surface area contributed by atoms with Crippen molar-refractivity contribution in [2.24, 2.45) is 23.2 Å². The van der Waals surface area contributed by atoms with Gasteiger partial charge in [0.25, 0.3) is 0 Å². The van der Waals surface area contributed by atoms with Crippen molar-refractivity contribution in [1.29, 1.82) is 0 Å². The molecule has 18 heteroatoms. The molecule has 4 rings (SSSR count). The molecule has 0 bridgehead atoms. The lowest BCUT2D eigenvalue weighted by Crippen LogP contribution is -2.59. The predicted molar refractivity (Wildman–Crippen MR) is 249 cm³/mol. The number of hydrogen-bond donors (Lipinski definition) is 0. The summed E-state index contributed by atoms with van der Waals surface area (Å²) in [6, 6.07) is 14.6. The highest BCUT2D eigenvalue weighted by molar-refractivity contribution is 8.00. The summed E-state index contributed by atoms with van der Waals surface area (Å²) in [5.41, 5.74) is 1.96. The summed E-state index contributed by atoms with van der Waals surface area (Å²) >= 11 is 3.16. The van der Waals surface area contributed by atoms with E-state index < -0.39 is 30.0 Å². The van der Waals surface area contributed by atoms with Gasteiger partial charge in [-0.3, -0.25) is 29.8 Å². The molecule has 0 heterocycles. The molecule has 2 aliphatic carbocycles. The van der Waals surface area contributed by atoms with Gasteiger partial charge in [-0.25, -0.2) is 0 Å². The summed E-state index contributed by atoms with van der Waals surface area (Å²) in [6.07, 6.45) is 3.70. The maximum absolute atomic E-state index is 13.0. The molecule has 0 amide bonds. The molecule has 368 valence electrons. The Labute approximate surface area is 398 Å². The van der Waals surface area contributed by atoms with E-state index in [1.165, 1.54) is 0 Å². The van der Waals surface area contributed by atoms with Gasteiger partial charge in [-0.1, -0.05) is 83.9 Å². The average molecular weight is 963 g/mol. The SMILES string of the molecule is CCOC(=O)[C@@H]1C[C@H]([N+](=O)[O-])C[C@H](OC(CC)CC)[C@@H]1Sc1ccc(C)cc1.CCOC(=O)[C@@H]1C[C@H]([N+](=O)[O-])[C@@H](C(C)(C)C)[C@H](OC(CC)CC)[C@@H]1Sc1ccc(C)cc1.O=C=O.O=C=O. The number of benzene rings is 2. The molecule has 2 aromatic carbocycles. The van der Waals surface area contributed by atoms with E-state index >= 15 is 0 Å². The fraction of sp³-hybridized carbons (Fsp3) is 0.667. The topological polar surface area (TPSA) is 226 Å². The van der Waals surface area contributed by atoms with E-state index in [2.05, 4.69) is 13.8 Å². The molecule has 2 aromatic rings. The number of ether oxygens (including phenoxy) is 4. The molecule has 0 aliphatic heterocycles. The zero-order valence-corrected chi connectivity index (χ0v) is 41.9. The zero-order chi connectivity index (χ0) is 50.1. The number of aryl methyl sites for hydroxylation is 2. The summed E-state index contributed by atoms with van der Waals surface area (Å²) in [5, 5.41) is 23.3. The normalized spacial score (nSPS) is 23.5.